The first kappa shape index (κ1) is 16.4. The second-order valence-electron chi connectivity index (χ2n) is 4.97. The first-order valence-corrected chi connectivity index (χ1v) is 7.00. The third-order valence-corrected chi connectivity index (χ3v) is 3.22. The van der Waals surface area contributed by atoms with Crippen molar-refractivity contribution in [2.45, 2.75) is 6.54 Å². The third kappa shape index (κ3) is 4.79. The molecule has 0 fully saturated rings. The molecule has 3 nitrogen and oxygen atoms in total. The zero-order chi connectivity index (χ0) is 16.1. The lowest BCUT2D eigenvalue weighted by Crippen LogP contribution is -2.30. The highest BCUT2D eigenvalue weighted by atomic mass is 35.5. The van der Waals surface area contributed by atoms with E-state index in [0.29, 0.717) is 6.54 Å². The van der Waals surface area contributed by atoms with Crippen LogP contribution in [0.3, 0.4) is 0 Å². The van der Waals surface area contributed by atoms with Gasteiger partial charge in [0, 0.05) is 11.6 Å². The summed E-state index contributed by atoms with van der Waals surface area (Å²) in [5, 5.41) is 2.76. The van der Waals surface area contributed by atoms with Crippen molar-refractivity contribution in [3.8, 4) is 0 Å². The molecule has 22 heavy (non-hydrogen) atoms. The van der Waals surface area contributed by atoms with Crippen LogP contribution in [0.25, 0.3) is 0 Å². The lowest BCUT2D eigenvalue weighted by Gasteiger charge is -2.16. The van der Waals surface area contributed by atoms with Crippen LogP contribution in [0.1, 0.15) is 5.56 Å². The van der Waals surface area contributed by atoms with E-state index in [1.54, 1.807) is 24.1 Å². The predicted octanol–water partition coefficient (Wildman–Crippen LogP) is 3.69. The highest BCUT2D eigenvalue weighted by Gasteiger charge is 2.10. The molecule has 0 atom stereocenters. The van der Waals surface area contributed by atoms with E-state index in [9.17, 15) is 13.6 Å². The Morgan fingerprint density at radius 2 is 1.86 bits per heavy atom. The van der Waals surface area contributed by atoms with Gasteiger partial charge < -0.3 is 5.32 Å². The van der Waals surface area contributed by atoms with Gasteiger partial charge in [0.2, 0.25) is 5.91 Å². The number of hydrogen-bond acceptors (Lipinski definition) is 2. The number of carbonyl (C=O) groups excluding carboxylic acids is 1. The van der Waals surface area contributed by atoms with Crippen LogP contribution in [-0.4, -0.2) is 24.4 Å². The van der Waals surface area contributed by atoms with E-state index >= 15 is 0 Å². The summed E-state index contributed by atoms with van der Waals surface area (Å²) in [6.07, 6.45) is 0. The quantitative estimate of drug-likeness (QED) is 0.909. The normalized spacial score (nSPS) is 10.8. The van der Waals surface area contributed by atoms with Gasteiger partial charge in [-0.15, -0.1) is 0 Å². The molecule has 116 valence electrons. The van der Waals surface area contributed by atoms with Crippen molar-refractivity contribution in [1.29, 1.82) is 0 Å². The van der Waals surface area contributed by atoms with Gasteiger partial charge in [-0.05, 0) is 42.9 Å². The van der Waals surface area contributed by atoms with E-state index in [1.165, 1.54) is 24.3 Å². The van der Waals surface area contributed by atoms with Gasteiger partial charge in [-0.25, -0.2) is 8.78 Å². The van der Waals surface area contributed by atoms with Crippen molar-refractivity contribution in [3.63, 3.8) is 0 Å². The number of amides is 1. The fourth-order valence-electron chi connectivity index (χ4n) is 1.98. The van der Waals surface area contributed by atoms with E-state index in [0.717, 1.165) is 11.6 Å². The second kappa shape index (κ2) is 7.33. The Hall–Kier alpha value is -1.98. The number of anilines is 1. The monoisotopic (exact) mass is 324 g/mol. The molecule has 0 aromatic heterocycles. The Kier molecular flexibility index (Phi) is 5.46. The summed E-state index contributed by atoms with van der Waals surface area (Å²) in [6.45, 7) is 0.566. The molecule has 0 saturated carbocycles. The van der Waals surface area contributed by atoms with Crippen LogP contribution in [-0.2, 0) is 11.3 Å². The van der Waals surface area contributed by atoms with Gasteiger partial charge in [0.25, 0.3) is 0 Å². The van der Waals surface area contributed by atoms with Crippen molar-refractivity contribution in [2.24, 2.45) is 0 Å². The number of nitrogens with zero attached hydrogens (tertiary/aromatic N) is 1. The number of hydrogen-bond donors (Lipinski definition) is 1. The minimum atomic E-state index is -0.581. The largest absolute Gasteiger partial charge is 0.322 e. The number of rotatable bonds is 5. The second-order valence-corrected chi connectivity index (χ2v) is 5.41. The molecule has 0 spiro atoms. The molecule has 2 aromatic rings. The first-order valence-electron chi connectivity index (χ1n) is 6.62. The molecule has 0 aliphatic carbocycles. The summed E-state index contributed by atoms with van der Waals surface area (Å²) in [7, 11) is 1.75. The Morgan fingerprint density at radius 3 is 2.50 bits per heavy atom. The molecule has 1 N–H and O–H groups in total. The highest BCUT2D eigenvalue weighted by Crippen LogP contribution is 2.18. The fourth-order valence-corrected chi connectivity index (χ4v) is 2.14. The van der Waals surface area contributed by atoms with Crippen molar-refractivity contribution >= 4 is 23.2 Å². The molecule has 2 rings (SSSR count). The smallest absolute Gasteiger partial charge is 0.238 e. The molecular formula is C16H15ClF2N2O. The zero-order valence-corrected chi connectivity index (χ0v) is 12.7. The SMILES string of the molecule is CN(CC(=O)Nc1ccc(Cl)cc1F)Cc1ccc(F)cc1. The minimum absolute atomic E-state index is 0.0828. The van der Waals surface area contributed by atoms with Gasteiger partial charge >= 0.3 is 0 Å². The summed E-state index contributed by atoms with van der Waals surface area (Å²) >= 11 is 5.65. The molecular weight excluding hydrogens is 310 g/mol. The van der Waals surface area contributed by atoms with Gasteiger partial charge in [0.05, 0.1) is 12.2 Å². The number of likely N-dealkylation sites (N-methyl/N-ethyl adjacent to an activating group) is 1. The maximum Gasteiger partial charge on any atom is 0.238 e. The standard InChI is InChI=1S/C16H15ClF2N2O/c1-21(9-11-2-5-13(18)6-3-11)10-16(22)20-15-7-4-12(17)8-14(15)19/h2-8H,9-10H2,1H3,(H,20,22). The van der Waals surface area contributed by atoms with Gasteiger partial charge in [-0.3, -0.25) is 9.69 Å². The zero-order valence-electron chi connectivity index (χ0n) is 11.9. The van der Waals surface area contributed by atoms with E-state index in [4.69, 9.17) is 11.6 Å². The van der Waals surface area contributed by atoms with Gasteiger partial charge in [-0.1, -0.05) is 23.7 Å². The molecule has 0 aliphatic heterocycles. The Labute approximate surface area is 132 Å². The third-order valence-electron chi connectivity index (χ3n) is 2.98. The van der Waals surface area contributed by atoms with Crippen molar-refractivity contribution in [1.82, 2.24) is 4.90 Å². The summed E-state index contributed by atoms with van der Waals surface area (Å²) in [6, 6.07) is 10.1. The lowest BCUT2D eigenvalue weighted by molar-refractivity contribution is -0.117. The van der Waals surface area contributed by atoms with Crippen molar-refractivity contribution in [2.75, 3.05) is 18.9 Å². The van der Waals surface area contributed by atoms with E-state index < -0.39 is 5.82 Å². The molecule has 2 aromatic carbocycles. The summed E-state index contributed by atoms with van der Waals surface area (Å²) in [5.74, 6) is -1.23. The van der Waals surface area contributed by atoms with Gasteiger partial charge in [-0.2, -0.15) is 0 Å². The number of nitrogens with one attached hydrogen (secondary N) is 1. The fraction of sp³-hybridized carbons (Fsp3) is 0.188. The molecule has 0 saturated heterocycles. The summed E-state index contributed by atoms with van der Waals surface area (Å²) < 4.78 is 26.4. The number of carbonyl (C=O) groups is 1. The minimum Gasteiger partial charge on any atom is -0.322 e. The maximum atomic E-state index is 13.6. The Balaban J connectivity index is 1.89. The summed E-state index contributed by atoms with van der Waals surface area (Å²) in [4.78, 5) is 13.6. The van der Waals surface area contributed by atoms with Crippen LogP contribution in [0, 0.1) is 11.6 Å². The van der Waals surface area contributed by atoms with Crippen LogP contribution >= 0.6 is 11.6 Å². The van der Waals surface area contributed by atoms with Crippen LogP contribution < -0.4 is 5.32 Å². The topological polar surface area (TPSA) is 32.3 Å². The van der Waals surface area contributed by atoms with Crippen LogP contribution in [0.5, 0.6) is 0 Å². The van der Waals surface area contributed by atoms with Crippen molar-refractivity contribution < 1.29 is 13.6 Å². The van der Waals surface area contributed by atoms with Crippen LogP contribution in [0.4, 0.5) is 14.5 Å². The van der Waals surface area contributed by atoms with E-state index in [1.807, 2.05) is 0 Å². The average Bonchev–Trinajstić information content (AvgIpc) is 2.44. The Morgan fingerprint density at radius 1 is 1.18 bits per heavy atom. The molecule has 0 bridgehead atoms. The maximum absolute atomic E-state index is 13.6. The molecule has 0 unspecified atom stereocenters. The average molecular weight is 325 g/mol. The molecule has 0 aliphatic rings. The van der Waals surface area contributed by atoms with E-state index in [2.05, 4.69) is 5.32 Å². The molecule has 1 amide bonds. The predicted molar refractivity (Wildman–Crippen MR) is 82.8 cm³/mol. The molecule has 0 heterocycles. The van der Waals surface area contributed by atoms with Crippen molar-refractivity contribution in [3.05, 3.63) is 64.7 Å². The summed E-state index contributed by atoms with van der Waals surface area (Å²) in [5.41, 5.74) is 0.971. The highest BCUT2D eigenvalue weighted by molar-refractivity contribution is 6.30. The van der Waals surface area contributed by atoms with E-state index in [-0.39, 0.29) is 29.0 Å². The van der Waals surface area contributed by atoms with Crippen LogP contribution in [0.15, 0.2) is 42.5 Å². The first-order chi connectivity index (χ1) is 10.4. The molecule has 6 heteroatoms. The Bertz CT molecular complexity index is 662. The molecule has 0 radical (unpaired) electrons. The number of benzene rings is 2. The van der Waals surface area contributed by atoms with Crippen LogP contribution in [0.2, 0.25) is 5.02 Å². The van der Waals surface area contributed by atoms with Gasteiger partial charge in [0.1, 0.15) is 11.6 Å². The number of halogens is 3. The van der Waals surface area contributed by atoms with Gasteiger partial charge in [0.15, 0.2) is 0 Å². The lowest BCUT2D eigenvalue weighted by atomic mass is 10.2.